The second-order valence-electron chi connectivity index (χ2n) is 6.45. The lowest BCUT2D eigenvalue weighted by Crippen LogP contribution is -2.41. The number of carbonyl (C=O) groups excluding carboxylic acids is 1. The van der Waals surface area contributed by atoms with Crippen molar-refractivity contribution in [3.63, 3.8) is 0 Å². The quantitative estimate of drug-likeness (QED) is 0.767. The van der Waals surface area contributed by atoms with E-state index < -0.39 is 18.8 Å². The van der Waals surface area contributed by atoms with Gasteiger partial charge in [0.1, 0.15) is 5.75 Å². The summed E-state index contributed by atoms with van der Waals surface area (Å²) in [7, 11) is 1.52. The number of amides is 1. The van der Waals surface area contributed by atoms with Gasteiger partial charge in [0, 0.05) is 7.05 Å². The zero-order valence-electron chi connectivity index (χ0n) is 15.7. The summed E-state index contributed by atoms with van der Waals surface area (Å²) in [5.74, 6) is -0.360. The molecule has 1 heterocycles. The molecular weight excluding hydrogens is 383 g/mol. The van der Waals surface area contributed by atoms with Gasteiger partial charge >= 0.3 is 6.61 Å². The summed E-state index contributed by atoms with van der Waals surface area (Å²) in [6.07, 6.45) is 3.74. The van der Waals surface area contributed by atoms with Gasteiger partial charge in [-0.25, -0.2) is 4.99 Å². The van der Waals surface area contributed by atoms with Crippen LogP contribution in [0.2, 0.25) is 0 Å². The Morgan fingerprint density at radius 3 is 2.52 bits per heavy atom. The fourth-order valence-electron chi connectivity index (χ4n) is 3.21. The van der Waals surface area contributed by atoms with Crippen molar-refractivity contribution in [3.8, 4) is 5.75 Å². The molecule has 8 heteroatoms. The third-order valence-corrected chi connectivity index (χ3v) is 4.63. The number of benzene rings is 2. The molecule has 2 N–H and O–H groups in total. The Morgan fingerprint density at radius 2 is 1.93 bits per heavy atom. The van der Waals surface area contributed by atoms with Gasteiger partial charge in [0.05, 0.1) is 6.67 Å². The Balaban J connectivity index is 2.09. The van der Waals surface area contributed by atoms with Crippen molar-refractivity contribution in [1.29, 1.82) is 0 Å². The average Bonchev–Trinajstić information content (AvgIpc) is 2.93. The molecule has 1 amide bonds. The van der Waals surface area contributed by atoms with E-state index in [0.29, 0.717) is 11.1 Å². The second kappa shape index (κ2) is 8.38. The van der Waals surface area contributed by atoms with Crippen molar-refractivity contribution in [2.75, 3.05) is 13.7 Å². The van der Waals surface area contributed by atoms with Gasteiger partial charge in [0.25, 0.3) is 5.91 Å². The normalized spacial score (nSPS) is 19.3. The summed E-state index contributed by atoms with van der Waals surface area (Å²) in [4.78, 5) is 18.9. The Labute approximate surface area is 166 Å². The SMILES string of the molecule is CN1C(=O)[C@@](c2ccc(OC(F)F)cc2)(c2cccc(/C=C/CCF)c2)N=C1N. The first-order valence-electron chi connectivity index (χ1n) is 8.90. The molecule has 3 rings (SSSR count). The van der Waals surface area contributed by atoms with Gasteiger partial charge in [0.2, 0.25) is 0 Å². The van der Waals surface area contributed by atoms with E-state index in [4.69, 9.17) is 5.73 Å². The van der Waals surface area contributed by atoms with Gasteiger partial charge in [-0.1, -0.05) is 42.5 Å². The van der Waals surface area contributed by atoms with Crippen LogP contribution in [0, 0.1) is 0 Å². The third-order valence-electron chi connectivity index (χ3n) is 4.63. The molecule has 152 valence electrons. The molecule has 29 heavy (non-hydrogen) atoms. The van der Waals surface area contributed by atoms with Crippen molar-refractivity contribution in [1.82, 2.24) is 4.90 Å². The Morgan fingerprint density at radius 1 is 1.21 bits per heavy atom. The van der Waals surface area contributed by atoms with Crippen molar-refractivity contribution in [2.45, 2.75) is 18.6 Å². The molecule has 0 radical (unpaired) electrons. The number of aliphatic imine (C=N–C) groups is 1. The summed E-state index contributed by atoms with van der Waals surface area (Å²) >= 11 is 0. The monoisotopic (exact) mass is 403 g/mol. The van der Waals surface area contributed by atoms with Gasteiger partial charge in [-0.2, -0.15) is 8.78 Å². The number of alkyl halides is 3. The Bertz CT molecular complexity index is 944. The molecule has 0 aliphatic carbocycles. The number of halogens is 3. The van der Waals surface area contributed by atoms with Crippen molar-refractivity contribution < 1.29 is 22.7 Å². The van der Waals surface area contributed by atoms with Crippen LogP contribution in [0.15, 0.2) is 59.6 Å². The van der Waals surface area contributed by atoms with Crippen molar-refractivity contribution in [3.05, 3.63) is 71.3 Å². The first-order valence-corrected chi connectivity index (χ1v) is 8.90. The maximum atomic E-state index is 13.2. The summed E-state index contributed by atoms with van der Waals surface area (Å²) in [5, 5.41) is 0. The highest BCUT2D eigenvalue weighted by molar-refractivity contribution is 6.09. The molecule has 1 aliphatic heterocycles. The number of likely N-dealkylation sites (N-methyl/N-ethyl adjacent to an activating group) is 1. The highest BCUT2D eigenvalue weighted by Crippen LogP contribution is 2.40. The van der Waals surface area contributed by atoms with Gasteiger partial charge in [0.15, 0.2) is 11.5 Å². The minimum atomic E-state index is -2.95. The van der Waals surface area contributed by atoms with Crippen LogP contribution in [-0.4, -0.2) is 37.1 Å². The molecule has 0 saturated carbocycles. The molecule has 1 aliphatic rings. The number of rotatable bonds is 7. The molecule has 1 atom stereocenters. The predicted octanol–water partition coefficient (Wildman–Crippen LogP) is 3.69. The third kappa shape index (κ3) is 3.96. The fraction of sp³-hybridized carbons (Fsp3) is 0.238. The lowest BCUT2D eigenvalue weighted by molar-refractivity contribution is -0.129. The number of nitrogens with two attached hydrogens (primary N) is 1. The molecule has 5 nitrogen and oxygen atoms in total. The Kier molecular flexibility index (Phi) is 5.91. The standard InChI is InChI=1S/C21H20F3N3O2/c1-27-18(28)21(26-20(27)25,15-8-10-17(11-9-15)29-19(23)24)16-7-4-6-14(13-16)5-2-3-12-22/h2,4-11,13,19H,3,12H2,1H3,(H2,25,26)/b5-2+/t21-/m1/s1. The lowest BCUT2D eigenvalue weighted by Gasteiger charge is -2.26. The van der Waals surface area contributed by atoms with Gasteiger partial charge in [-0.3, -0.25) is 14.1 Å². The largest absolute Gasteiger partial charge is 0.435 e. The number of guanidine groups is 1. The lowest BCUT2D eigenvalue weighted by atomic mass is 9.82. The number of nitrogens with zero attached hydrogens (tertiary/aromatic N) is 2. The van der Waals surface area contributed by atoms with Crippen LogP contribution >= 0.6 is 0 Å². The highest BCUT2D eigenvalue weighted by Gasteiger charge is 2.49. The first-order chi connectivity index (χ1) is 13.9. The van der Waals surface area contributed by atoms with Crippen LogP contribution in [0.5, 0.6) is 5.75 Å². The Hall–Kier alpha value is -3.29. The number of carbonyl (C=O) groups is 1. The molecule has 0 bridgehead atoms. The first kappa shape index (κ1) is 20.4. The van der Waals surface area contributed by atoms with Crippen LogP contribution in [0.25, 0.3) is 6.08 Å². The van der Waals surface area contributed by atoms with Crippen molar-refractivity contribution in [2.24, 2.45) is 10.7 Å². The average molecular weight is 403 g/mol. The van der Waals surface area contributed by atoms with E-state index in [-0.39, 0.29) is 24.0 Å². The number of hydrogen-bond donors (Lipinski definition) is 1. The van der Waals surface area contributed by atoms with E-state index >= 15 is 0 Å². The molecule has 0 spiro atoms. The topological polar surface area (TPSA) is 67.9 Å². The zero-order chi connectivity index (χ0) is 21.0. The molecular formula is C21H20F3N3O2. The van der Waals surface area contributed by atoms with Crippen LogP contribution < -0.4 is 10.5 Å². The number of allylic oxidation sites excluding steroid dienone is 1. The summed E-state index contributed by atoms with van der Waals surface area (Å²) in [6, 6.07) is 12.8. The molecule has 2 aromatic rings. The second-order valence-corrected chi connectivity index (χ2v) is 6.45. The van der Waals surface area contributed by atoms with E-state index in [0.717, 1.165) is 5.56 Å². The summed E-state index contributed by atoms with van der Waals surface area (Å²) in [5.41, 5.74) is 6.26. The van der Waals surface area contributed by atoms with E-state index in [9.17, 15) is 18.0 Å². The highest BCUT2D eigenvalue weighted by atomic mass is 19.3. The van der Waals surface area contributed by atoms with E-state index in [1.807, 2.05) is 6.07 Å². The smallest absolute Gasteiger partial charge is 0.387 e. The van der Waals surface area contributed by atoms with Crippen LogP contribution in [-0.2, 0) is 10.3 Å². The van der Waals surface area contributed by atoms with Crippen LogP contribution in [0.1, 0.15) is 23.1 Å². The van der Waals surface area contributed by atoms with E-state index in [2.05, 4.69) is 9.73 Å². The maximum absolute atomic E-state index is 13.2. The van der Waals surface area contributed by atoms with Crippen LogP contribution in [0.3, 0.4) is 0 Å². The van der Waals surface area contributed by atoms with E-state index in [1.54, 1.807) is 30.4 Å². The van der Waals surface area contributed by atoms with Gasteiger partial charge in [-0.15, -0.1) is 0 Å². The number of ether oxygens (including phenoxy) is 1. The molecule has 0 unspecified atom stereocenters. The molecule has 0 saturated heterocycles. The minimum Gasteiger partial charge on any atom is -0.435 e. The number of hydrogen-bond acceptors (Lipinski definition) is 4. The summed E-state index contributed by atoms with van der Waals surface area (Å²) < 4.78 is 41.6. The van der Waals surface area contributed by atoms with E-state index in [1.165, 1.54) is 36.2 Å². The summed E-state index contributed by atoms with van der Waals surface area (Å²) in [6.45, 7) is -3.41. The minimum absolute atomic E-state index is 0.0300. The molecule has 0 fully saturated rings. The molecule has 2 aromatic carbocycles. The van der Waals surface area contributed by atoms with Crippen LogP contribution in [0.4, 0.5) is 13.2 Å². The van der Waals surface area contributed by atoms with Gasteiger partial charge in [-0.05, 0) is 41.3 Å². The predicted molar refractivity (Wildman–Crippen MR) is 104 cm³/mol. The maximum Gasteiger partial charge on any atom is 0.387 e. The van der Waals surface area contributed by atoms with Crippen molar-refractivity contribution >= 4 is 17.9 Å². The fourth-order valence-corrected chi connectivity index (χ4v) is 3.21. The van der Waals surface area contributed by atoms with Gasteiger partial charge < -0.3 is 10.5 Å². The molecule has 0 aromatic heterocycles. The zero-order valence-corrected chi connectivity index (χ0v) is 15.7.